The van der Waals surface area contributed by atoms with E-state index in [1.807, 2.05) is 18.2 Å². The average Bonchev–Trinajstić information content (AvgIpc) is 2.83. The van der Waals surface area contributed by atoms with Gasteiger partial charge in [0, 0.05) is 18.7 Å². The van der Waals surface area contributed by atoms with Gasteiger partial charge in [0.15, 0.2) is 9.84 Å². The highest BCUT2D eigenvalue weighted by atomic mass is 32.2. The van der Waals surface area contributed by atoms with Crippen LogP contribution in [0, 0.1) is 5.92 Å². The molecule has 0 spiro atoms. The maximum Gasteiger partial charge on any atom is 0.228 e. The molecule has 3 rings (SSSR count). The number of sulfone groups is 1. The van der Waals surface area contributed by atoms with Crippen LogP contribution in [0.1, 0.15) is 24.3 Å². The minimum absolute atomic E-state index is 0.0263. The molecular formula is C15H18N2O4S. The van der Waals surface area contributed by atoms with E-state index in [1.54, 1.807) is 6.07 Å². The van der Waals surface area contributed by atoms with Crippen molar-refractivity contribution >= 4 is 27.3 Å². The lowest BCUT2D eigenvalue weighted by Crippen LogP contribution is -2.37. The fraction of sp³-hybridized carbons (Fsp3) is 0.467. The summed E-state index contributed by atoms with van der Waals surface area (Å²) in [7, 11) is -2.94. The molecule has 2 amide bonds. The number of carbonyl (C=O) groups excluding carboxylic acids is 2. The molecule has 0 unspecified atom stereocenters. The maximum absolute atomic E-state index is 12.4. The SMILES string of the molecule is O=C1C[C@H](C(=O)NC[C@H]2CCS(=O)(=O)C2)c2ccccc2N1. The number of hydrogen-bond acceptors (Lipinski definition) is 4. The van der Waals surface area contributed by atoms with Crippen molar-refractivity contribution in [3.8, 4) is 0 Å². The molecule has 0 saturated carbocycles. The Hall–Kier alpha value is -1.89. The summed E-state index contributed by atoms with van der Waals surface area (Å²) in [5.74, 6) is -0.601. The summed E-state index contributed by atoms with van der Waals surface area (Å²) in [5, 5.41) is 5.56. The van der Waals surface area contributed by atoms with E-state index < -0.39 is 15.8 Å². The summed E-state index contributed by atoms with van der Waals surface area (Å²) in [6, 6.07) is 7.25. The van der Waals surface area contributed by atoms with Crippen LogP contribution in [0.5, 0.6) is 0 Å². The van der Waals surface area contributed by atoms with E-state index in [1.165, 1.54) is 0 Å². The van der Waals surface area contributed by atoms with E-state index >= 15 is 0 Å². The van der Waals surface area contributed by atoms with Gasteiger partial charge in [-0.1, -0.05) is 18.2 Å². The van der Waals surface area contributed by atoms with Gasteiger partial charge >= 0.3 is 0 Å². The fourth-order valence-corrected chi connectivity index (χ4v) is 4.91. The summed E-state index contributed by atoms with van der Waals surface area (Å²) in [6.45, 7) is 0.346. The highest BCUT2D eigenvalue weighted by Gasteiger charge is 2.32. The van der Waals surface area contributed by atoms with Crippen LogP contribution in [0.15, 0.2) is 24.3 Å². The molecule has 7 heteroatoms. The van der Waals surface area contributed by atoms with Gasteiger partial charge in [-0.3, -0.25) is 9.59 Å². The first kappa shape index (κ1) is 15.0. The van der Waals surface area contributed by atoms with Crippen molar-refractivity contribution in [2.45, 2.75) is 18.8 Å². The number of anilines is 1. The normalized spacial score (nSPS) is 26.1. The first-order valence-electron chi connectivity index (χ1n) is 7.31. The van der Waals surface area contributed by atoms with Crippen molar-refractivity contribution in [3.05, 3.63) is 29.8 Å². The minimum atomic E-state index is -2.94. The summed E-state index contributed by atoms with van der Waals surface area (Å²) in [6.07, 6.45) is 0.705. The minimum Gasteiger partial charge on any atom is -0.355 e. The largest absolute Gasteiger partial charge is 0.355 e. The van der Waals surface area contributed by atoms with Crippen LogP contribution in [-0.2, 0) is 19.4 Å². The molecule has 1 saturated heterocycles. The molecule has 22 heavy (non-hydrogen) atoms. The summed E-state index contributed by atoms with van der Waals surface area (Å²) >= 11 is 0. The first-order chi connectivity index (χ1) is 10.4. The number of para-hydroxylation sites is 1. The molecule has 0 bridgehead atoms. The van der Waals surface area contributed by atoms with Crippen molar-refractivity contribution in [2.24, 2.45) is 5.92 Å². The fourth-order valence-electron chi connectivity index (χ4n) is 3.05. The molecule has 2 aliphatic heterocycles. The van der Waals surface area contributed by atoms with Gasteiger partial charge in [0.25, 0.3) is 0 Å². The zero-order valence-electron chi connectivity index (χ0n) is 12.0. The molecular weight excluding hydrogens is 304 g/mol. The Kier molecular flexibility index (Phi) is 3.90. The van der Waals surface area contributed by atoms with E-state index in [2.05, 4.69) is 10.6 Å². The van der Waals surface area contributed by atoms with Gasteiger partial charge < -0.3 is 10.6 Å². The van der Waals surface area contributed by atoms with Crippen LogP contribution < -0.4 is 10.6 Å². The van der Waals surface area contributed by atoms with Gasteiger partial charge in [0.2, 0.25) is 11.8 Å². The number of rotatable bonds is 3. The molecule has 6 nitrogen and oxygen atoms in total. The molecule has 2 atom stereocenters. The predicted molar refractivity (Wildman–Crippen MR) is 82.2 cm³/mol. The zero-order chi connectivity index (χ0) is 15.7. The van der Waals surface area contributed by atoms with Gasteiger partial charge in [-0.25, -0.2) is 8.42 Å². The third-order valence-corrected chi connectivity index (χ3v) is 6.04. The molecule has 0 aromatic heterocycles. The Balaban J connectivity index is 1.67. The van der Waals surface area contributed by atoms with Gasteiger partial charge in [-0.15, -0.1) is 0 Å². The zero-order valence-corrected chi connectivity index (χ0v) is 12.9. The third kappa shape index (κ3) is 3.14. The second kappa shape index (κ2) is 5.72. The van der Waals surface area contributed by atoms with Crippen LogP contribution in [0.3, 0.4) is 0 Å². The van der Waals surface area contributed by atoms with Crippen molar-refractivity contribution in [3.63, 3.8) is 0 Å². The second-order valence-electron chi connectivity index (χ2n) is 5.91. The van der Waals surface area contributed by atoms with Gasteiger partial charge in [0.1, 0.15) is 0 Å². The van der Waals surface area contributed by atoms with Crippen molar-refractivity contribution < 1.29 is 18.0 Å². The van der Waals surface area contributed by atoms with E-state index in [0.29, 0.717) is 18.7 Å². The number of hydrogen-bond donors (Lipinski definition) is 2. The monoisotopic (exact) mass is 322 g/mol. The number of amides is 2. The lowest BCUT2D eigenvalue weighted by molar-refractivity contribution is -0.126. The van der Waals surface area contributed by atoms with E-state index in [4.69, 9.17) is 0 Å². The molecule has 1 aromatic rings. The number of benzene rings is 1. The number of carbonyl (C=O) groups is 2. The average molecular weight is 322 g/mol. The standard InChI is InChI=1S/C15H18N2O4S/c18-14-7-12(11-3-1-2-4-13(11)17-14)15(19)16-8-10-5-6-22(20,21)9-10/h1-4,10,12H,5-9H2,(H,16,19)(H,17,18)/t10-,12+/m1/s1. The molecule has 2 N–H and O–H groups in total. The molecule has 1 fully saturated rings. The summed E-state index contributed by atoms with van der Waals surface area (Å²) < 4.78 is 22.9. The van der Waals surface area contributed by atoms with Crippen LogP contribution in [0.25, 0.3) is 0 Å². The second-order valence-corrected chi connectivity index (χ2v) is 8.14. The first-order valence-corrected chi connectivity index (χ1v) is 9.14. The lowest BCUT2D eigenvalue weighted by atomic mass is 9.89. The van der Waals surface area contributed by atoms with Crippen LogP contribution in [-0.4, -0.2) is 38.3 Å². The Bertz CT molecular complexity index is 714. The predicted octanol–water partition coefficient (Wildman–Crippen LogP) is 0.663. The highest BCUT2D eigenvalue weighted by Crippen LogP contribution is 2.32. The van der Waals surface area contributed by atoms with Crippen LogP contribution in [0.2, 0.25) is 0 Å². The van der Waals surface area contributed by atoms with Gasteiger partial charge in [-0.2, -0.15) is 0 Å². The Labute approximate surface area is 129 Å². The van der Waals surface area contributed by atoms with Crippen LogP contribution in [0.4, 0.5) is 5.69 Å². The van der Waals surface area contributed by atoms with Crippen molar-refractivity contribution in [1.29, 1.82) is 0 Å². The van der Waals surface area contributed by atoms with Gasteiger partial charge in [0.05, 0.1) is 17.4 Å². The highest BCUT2D eigenvalue weighted by molar-refractivity contribution is 7.91. The third-order valence-electron chi connectivity index (χ3n) is 4.21. The van der Waals surface area contributed by atoms with E-state index in [-0.39, 0.29) is 35.7 Å². The smallest absolute Gasteiger partial charge is 0.228 e. The molecule has 2 aliphatic rings. The molecule has 0 aliphatic carbocycles. The molecule has 2 heterocycles. The number of nitrogens with one attached hydrogen (secondary N) is 2. The summed E-state index contributed by atoms with van der Waals surface area (Å²) in [5.41, 5.74) is 1.47. The molecule has 118 valence electrons. The summed E-state index contributed by atoms with van der Waals surface area (Å²) in [4.78, 5) is 24.1. The maximum atomic E-state index is 12.4. The van der Waals surface area contributed by atoms with Crippen LogP contribution >= 0.6 is 0 Å². The quantitative estimate of drug-likeness (QED) is 0.855. The Morgan fingerprint density at radius 2 is 2.09 bits per heavy atom. The molecule has 1 aromatic carbocycles. The van der Waals surface area contributed by atoms with Crippen molar-refractivity contribution in [2.75, 3.05) is 23.4 Å². The van der Waals surface area contributed by atoms with E-state index in [0.717, 1.165) is 5.56 Å². The number of fused-ring (bicyclic) bond motifs is 1. The molecule has 0 radical (unpaired) electrons. The topological polar surface area (TPSA) is 92.3 Å². The van der Waals surface area contributed by atoms with Crippen molar-refractivity contribution in [1.82, 2.24) is 5.32 Å². The Morgan fingerprint density at radius 1 is 1.32 bits per heavy atom. The van der Waals surface area contributed by atoms with E-state index in [9.17, 15) is 18.0 Å². The lowest BCUT2D eigenvalue weighted by Gasteiger charge is -2.25. The Morgan fingerprint density at radius 3 is 2.82 bits per heavy atom. The van der Waals surface area contributed by atoms with Gasteiger partial charge in [-0.05, 0) is 24.0 Å².